The van der Waals surface area contributed by atoms with Gasteiger partial charge in [-0.15, -0.1) is 11.3 Å². The quantitative estimate of drug-likeness (QED) is 0.589. The van der Waals surface area contributed by atoms with Crippen LogP contribution in [0.2, 0.25) is 0 Å². The Morgan fingerprint density at radius 1 is 1.41 bits per heavy atom. The van der Waals surface area contributed by atoms with E-state index in [0.717, 1.165) is 16.7 Å². The zero-order chi connectivity index (χ0) is 12.4. The van der Waals surface area contributed by atoms with Gasteiger partial charge in [0.2, 0.25) is 0 Å². The smallest absolute Gasteiger partial charge is 0.0520 e. The topological polar surface area (TPSA) is 29.3 Å². The molecule has 0 aliphatic rings. The normalized spacial score (nSPS) is 10.5. The summed E-state index contributed by atoms with van der Waals surface area (Å²) < 4.78 is 2.33. The van der Waals surface area contributed by atoms with Gasteiger partial charge in [-0.3, -0.25) is 0 Å². The van der Waals surface area contributed by atoms with E-state index in [1.54, 1.807) is 11.3 Å². The molecule has 2 aromatic rings. The fraction of sp³-hybridized carbons (Fsp3) is 0.167. The molecule has 1 aromatic heterocycles. The second-order valence-electron chi connectivity index (χ2n) is 3.80. The number of benzene rings is 1. The Kier molecular flexibility index (Phi) is 4.32. The summed E-state index contributed by atoms with van der Waals surface area (Å²) in [6.45, 7) is 0.913. The van der Waals surface area contributed by atoms with Crippen LogP contribution in [0.3, 0.4) is 0 Å². The molecule has 0 aliphatic heterocycles. The highest BCUT2D eigenvalue weighted by Crippen LogP contribution is 2.27. The minimum absolute atomic E-state index is 0.811. The van der Waals surface area contributed by atoms with E-state index in [1.165, 1.54) is 14.1 Å². The van der Waals surface area contributed by atoms with E-state index in [1.807, 2.05) is 12.1 Å². The first-order valence-electron chi connectivity index (χ1n) is 5.05. The lowest BCUT2D eigenvalue weighted by Crippen LogP contribution is -2.16. The van der Waals surface area contributed by atoms with Crippen LogP contribution in [0.25, 0.3) is 0 Å². The van der Waals surface area contributed by atoms with Crippen LogP contribution in [0.1, 0.15) is 4.88 Å². The standard InChI is InChI=1S/C12H12BrIN2S/c1-16(6-10-4-8(13)7-17-10)12-3-2-9(15)5-11(12)14/h2-5,7H,6,15H2,1H3. The van der Waals surface area contributed by atoms with Gasteiger partial charge in [-0.1, -0.05) is 0 Å². The lowest BCUT2D eigenvalue weighted by atomic mass is 10.2. The van der Waals surface area contributed by atoms with Crippen LogP contribution in [-0.4, -0.2) is 7.05 Å². The molecule has 5 heteroatoms. The maximum atomic E-state index is 5.76. The summed E-state index contributed by atoms with van der Waals surface area (Å²) in [7, 11) is 2.10. The predicted molar refractivity (Wildman–Crippen MR) is 87.7 cm³/mol. The monoisotopic (exact) mass is 422 g/mol. The van der Waals surface area contributed by atoms with Crippen molar-refractivity contribution < 1.29 is 0 Å². The number of anilines is 2. The number of nitrogens with zero attached hydrogens (tertiary/aromatic N) is 1. The zero-order valence-corrected chi connectivity index (χ0v) is 13.8. The largest absolute Gasteiger partial charge is 0.399 e. The van der Waals surface area contributed by atoms with Gasteiger partial charge in [0, 0.05) is 31.0 Å². The average Bonchev–Trinajstić information content (AvgIpc) is 2.63. The highest BCUT2D eigenvalue weighted by Gasteiger charge is 2.07. The second kappa shape index (κ2) is 5.58. The third kappa shape index (κ3) is 3.35. The summed E-state index contributed by atoms with van der Waals surface area (Å²) >= 11 is 7.56. The van der Waals surface area contributed by atoms with Gasteiger partial charge in [-0.2, -0.15) is 0 Å². The van der Waals surface area contributed by atoms with E-state index in [0.29, 0.717) is 0 Å². The van der Waals surface area contributed by atoms with E-state index >= 15 is 0 Å². The SMILES string of the molecule is CN(Cc1cc(Br)cs1)c1ccc(N)cc1I. The van der Waals surface area contributed by atoms with Gasteiger partial charge in [0.25, 0.3) is 0 Å². The van der Waals surface area contributed by atoms with Gasteiger partial charge in [-0.05, 0) is 62.8 Å². The van der Waals surface area contributed by atoms with Crippen molar-refractivity contribution >= 4 is 61.2 Å². The molecule has 0 fully saturated rings. The van der Waals surface area contributed by atoms with Crippen LogP contribution in [0.15, 0.2) is 34.1 Å². The van der Waals surface area contributed by atoms with Crippen molar-refractivity contribution in [1.82, 2.24) is 0 Å². The third-order valence-electron chi connectivity index (χ3n) is 2.40. The predicted octanol–water partition coefficient (Wildman–Crippen LogP) is 4.33. The molecule has 90 valence electrons. The van der Waals surface area contributed by atoms with Gasteiger partial charge in [0.05, 0.1) is 12.2 Å². The molecular formula is C12H12BrIN2S. The molecule has 17 heavy (non-hydrogen) atoms. The lowest BCUT2D eigenvalue weighted by Gasteiger charge is -2.20. The number of nitrogen functional groups attached to an aromatic ring is 1. The molecule has 0 saturated heterocycles. The second-order valence-corrected chi connectivity index (χ2v) is 6.87. The first kappa shape index (κ1) is 13.2. The Bertz CT molecular complexity index is 527. The van der Waals surface area contributed by atoms with Crippen LogP contribution in [0.5, 0.6) is 0 Å². The summed E-state index contributed by atoms with van der Waals surface area (Å²) in [6, 6.07) is 8.17. The number of hydrogen-bond donors (Lipinski definition) is 1. The molecule has 0 bridgehead atoms. The maximum absolute atomic E-state index is 5.76. The van der Waals surface area contributed by atoms with Gasteiger partial charge in [0.15, 0.2) is 0 Å². The summed E-state index contributed by atoms with van der Waals surface area (Å²) in [5.74, 6) is 0. The lowest BCUT2D eigenvalue weighted by molar-refractivity contribution is 0.936. The van der Waals surface area contributed by atoms with Gasteiger partial charge in [-0.25, -0.2) is 0 Å². The molecule has 2 rings (SSSR count). The van der Waals surface area contributed by atoms with Gasteiger partial charge >= 0.3 is 0 Å². The Balaban J connectivity index is 2.17. The van der Waals surface area contributed by atoms with Crippen LogP contribution in [0.4, 0.5) is 11.4 Å². The molecule has 0 aliphatic carbocycles. The molecule has 0 amide bonds. The van der Waals surface area contributed by atoms with Gasteiger partial charge < -0.3 is 10.6 Å². The highest BCUT2D eigenvalue weighted by atomic mass is 127. The maximum Gasteiger partial charge on any atom is 0.0520 e. The Morgan fingerprint density at radius 2 is 2.18 bits per heavy atom. The molecule has 0 atom stereocenters. The molecule has 2 nitrogen and oxygen atoms in total. The minimum Gasteiger partial charge on any atom is -0.399 e. The summed E-state index contributed by atoms with van der Waals surface area (Å²) in [6.07, 6.45) is 0. The number of halogens is 2. The highest BCUT2D eigenvalue weighted by molar-refractivity contribution is 14.1. The van der Waals surface area contributed by atoms with Crippen molar-refractivity contribution in [1.29, 1.82) is 0 Å². The molecular weight excluding hydrogens is 411 g/mol. The van der Waals surface area contributed by atoms with Crippen molar-refractivity contribution in [3.63, 3.8) is 0 Å². The Labute approximate surface area is 127 Å². The van der Waals surface area contributed by atoms with Crippen LogP contribution in [-0.2, 0) is 6.54 Å². The van der Waals surface area contributed by atoms with Crippen LogP contribution >= 0.6 is 49.9 Å². The summed E-state index contributed by atoms with van der Waals surface area (Å²) in [5, 5.41) is 2.11. The molecule has 1 aromatic carbocycles. The molecule has 0 saturated carbocycles. The zero-order valence-electron chi connectivity index (χ0n) is 9.28. The fourth-order valence-electron chi connectivity index (χ4n) is 1.59. The van der Waals surface area contributed by atoms with Crippen LogP contribution in [0, 0.1) is 3.57 Å². The number of rotatable bonds is 3. The molecule has 1 heterocycles. The van der Waals surface area contributed by atoms with Crippen molar-refractivity contribution in [2.24, 2.45) is 0 Å². The molecule has 0 radical (unpaired) electrons. The number of hydrogen-bond acceptors (Lipinski definition) is 3. The number of nitrogens with two attached hydrogens (primary N) is 1. The molecule has 0 unspecified atom stereocenters. The first-order chi connectivity index (χ1) is 8.06. The first-order valence-corrected chi connectivity index (χ1v) is 7.80. The average molecular weight is 423 g/mol. The summed E-state index contributed by atoms with van der Waals surface area (Å²) in [4.78, 5) is 3.58. The third-order valence-corrected chi connectivity index (χ3v) is 4.94. The van der Waals surface area contributed by atoms with Crippen molar-refractivity contribution in [2.75, 3.05) is 17.7 Å². The van der Waals surface area contributed by atoms with E-state index in [-0.39, 0.29) is 0 Å². The van der Waals surface area contributed by atoms with Crippen molar-refractivity contribution in [3.8, 4) is 0 Å². The Morgan fingerprint density at radius 3 is 2.76 bits per heavy atom. The van der Waals surface area contributed by atoms with E-state index in [9.17, 15) is 0 Å². The van der Waals surface area contributed by atoms with E-state index in [4.69, 9.17) is 5.73 Å². The van der Waals surface area contributed by atoms with E-state index in [2.05, 4.69) is 68.0 Å². The molecule has 2 N–H and O–H groups in total. The fourth-order valence-corrected chi connectivity index (χ4v) is 4.04. The van der Waals surface area contributed by atoms with Crippen molar-refractivity contribution in [2.45, 2.75) is 6.54 Å². The molecule has 0 spiro atoms. The number of thiophene rings is 1. The minimum atomic E-state index is 0.811. The Hall–Kier alpha value is -0.270. The van der Waals surface area contributed by atoms with E-state index < -0.39 is 0 Å². The summed E-state index contributed by atoms with van der Waals surface area (Å²) in [5.41, 5.74) is 7.78. The van der Waals surface area contributed by atoms with Crippen molar-refractivity contribution in [3.05, 3.63) is 42.6 Å². The van der Waals surface area contributed by atoms with Crippen LogP contribution < -0.4 is 10.6 Å². The van der Waals surface area contributed by atoms with Gasteiger partial charge in [0.1, 0.15) is 0 Å².